The van der Waals surface area contributed by atoms with Crippen LogP contribution in [0.4, 0.5) is 4.79 Å². The molecule has 2 aliphatic heterocycles. The van der Waals surface area contributed by atoms with Gasteiger partial charge in [0.2, 0.25) is 0 Å². The third-order valence-corrected chi connectivity index (χ3v) is 4.85. The fourth-order valence-electron chi connectivity index (χ4n) is 2.76. The maximum Gasteiger partial charge on any atom is 0.461 e. The van der Waals surface area contributed by atoms with Crippen molar-refractivity contribution in [1.82, 2.24) is 4.90 Å². The van der Waals surface area contributed by atoms with Crippen molar-refractivity contribution in [2.24, 2.45) is 0 Å². The summed E-state index contributed by atoms with van der Waals surface area (Å²) in [5.41, 5.74) is -1.03. The van der Waals surface area contributed by atoms with Crippen molar-refractivity contribution < 1.29 is 18.8 Å². The molecule has 22 heavy (non-hydrogen) atoms. The van der Waals surface area contributed by atoms with Crippen molar-refractivity contribution in [2.45, 2.75) is 83.9 Å². The van der Waals surface area contributed by atoms with E-state index in [-0.39, 0.29) is 24.4 Å². The van der Waals surface area contributed by atoms with E-state index in [9.17, 15) is 4.79 Å². The van der Waals surface area contributed by atoms with Crippen LogP contribution in [0.2, 0.25) is 5.82 Å². The van der Waals surface area contributed by atoms with Gasteiger partial charge in [-0.05, 0) is 67.1 Å². The van der Waals surface area contributed by atoms with E-state index in [0.717, 1.165) is 12.8 Å². The van der Waals surface area contributed by atoms with E-state index >= 15 is 0 Å². The molecular formula is C16H30BNO4. The van der Waals surface area contributed by atoms with Gasteiger partial charge in [-0.15, -0.1) is 0 Å². The van der Waals surface area contributed by atoms with E-state index in [4.69, 9.17) is 14.0 Å². The number of amides is 1. The normalized spacial score (nSPS) is 25.4. The lowest BCUT2D eigenvalue weighted by molar-refractivity contribution is 0.00578. The molecule has 0 spiro atoms. The highest BCUT2D eigenvalue weighted by atomic mass is 16.7. The van der Waals surface area contributed by atoms with Crippen LogP contribution >= 0.6 is 0 Å². The van der Waals surface area contributed by atoms with Crippen molar-refractivity contribution in [2.75, 3.05) is 13.1 Å². The number of hydrogen-bond acceptors (Lipinski definition) is 4. The van der Waals surface area contributed by atoms with Crippen molar-refractivity contribution in [3.05, 3.63) is 0 Å². The molecule has 2 heterocycles. The number of likely N-dealkylation sites (tertiary alicyclic amines) is 1. The number of ether oxygens (including phenoxy) is 1. The van der Waals surface area contributed by atoms with Crippen molar-refractivity contribution in [3.63, 3.8) is 0 Å². The topological polar surface area (TPSA) is 48.0 Å². The summed E-state index contributed by atoms with van der Waals surface area (Å²) in [7, 11) is -0.175. The third-order valence-electron chi connectivity index (χ3n) is 4.85. The Hall–Kier alpha value is -0.745. The Labute approximate surface area is 134 Å². The molecule has 0 bridgehead atoms. The molecule has 5 nitrogen and oxygen atoms in total. The second kappa shape index (κ2) is 5.71. The highest BCUT2D eigenvalue weighted by Crippen LogP contribution is 2.42. The first-order valence-corrected chi connectivity index (χ1v) is 8.25. The average Bonchev–Trinajstić information content (AvgIpc) is 2.56. The second-order valence-electron chi connectivity index (χ2n) is 8.43. The quantitative estimate of drug-likeness (QED) is 0.696. The molecule has 0 aromatic carbocycles. The second-order valence-corrected chi connectivity index (χ2v) is 8.43. The van der Waals surface area contributed by atoms with Crippen molar-refractivity contribution in [3.8, 4) is 0 Å². The number of nitrogens with zero attached hydrogens (tertiary/aromatic N) is 1. The minimum Gasteiger partial charge on any atom is -0.444 e. The zero-order valence-electron chi connectivity index (χ0n) is 15.1. The van der Waals surface area contributed by atoms with Gasteiger partial charge >= 0.3 is 13.2 Å². The van der Waals surface area contributed by atoms with Crippen LogP contribution in [0.1, 0.15) is 61.3 Å². The van der Waals surface area contributed by atoms with Crippen LogP contribution in [-0.4, -0.2) is 48.0 Å². The highest BCUT2D eigenvalue weighted by Gasteiger charge is 2.54. The van der Waals surface area contributed by atoms with Crippen LogP contribution in [0.25, 0.3) is 0 Å². The van der Waals surface area contributed by atoms with Crippen LogP contribution in [-0.2, 0) is 14.0 Å². The fourth-order valence-corrected chi connectivity index (χ4v) is 2.76. The van der Waals surface area contributed by atoms with E-state index in [0.29, 0.717) is 18.9 Å². The number of hydrogen-bond donors (Lipinski definition) is 0. The Morgan fingerprint density at radius 2 is 1.55 bits per heavy atom. The van der Waals surface area contributed by atoms with E-state index in [2.05, 4.69) is 27.7 Å². The van der Waals surface area contributed by atoms with Crippen LogP contribution in [0.3, 0.4) is 0 Å². The minimum absolute atomic E-state index is 0.175. The van der Waals surface area contributed by atoms with Crippen molar-refractivity contribution in [1.29, 1.82) is 0 Å². The predicted molar refractivity (Wildman–Crippen MR) is 86.9 cm³/mol. The Kier molecular flexibility index (Phi) is 4.57. The number of carbonyl (C=O) groups is 1. The third kappa shape index (κ3) is 3.77. The summed E-state index contributed by atoms with van der Waals surface area (Å²) in [4.78, 5) is 13.9. The molecule has 2 saturated heterocycles. The van der Waals surface area contributed by atoms with E-state index in [1.165, 1.54) is 0 Å². The van der Waals surface area contributed by atoms with Gasteiger partial charge in [-0.1, -0.05) is 0 Å². The van der Waals surface area contributed by atoms with Gasteiger partial charge in [0.1, 0.15) is 5.60 Å². The molecule has 0 radical (unpaired) electrons. The number of rotatable bonds is 1. The van der Waals surface area contributed by atoms with Crippen molar-refractivity contribution >= 4 is 13.2 Å². The summed E-state index contributed by atoms with van der Waals surface area (Å²) in [6.45, 7) is 15.4. The Balaban J connectivity index is 1.87. The zero-order chi connectivity index (χ0) is 16.8. The molecule has 0 atom stereocenters. The molecule has 1 amide bonds. The van der Waals surface area contributed by atoms with E-state index in [1.807, 2.05) is 20.8 Å². The summed E-state index contributed by atoms with van der Waals surface area (Å²) < 4.78 is 17.7. The van der Waals surface area contributed by atoms with Crippen LogP contribution < -0.4 is 0 Å². The Morgan fingerprint density at radius 3 is 1.95 bits per heavy atom. The van der Waals surface area contributed by atoms with Gasteiger partial charge in [0.05, 0.1) is 11.2 Å². The molecule has 0 aliphatic carbocycles. The first-order chi connectivity index (χ1) is 9.91. The maximum absolute atomic E-state index is 12.1. The lowest BCUT2D eigenvalue weighted by Gasteiger charge is -2.34. The number of carbonyl (C=O) groups excluding carboxylic acids is 1. The standard InChI is InChI=1S/C16H30BNO4/c1-14(2,3)20-13(19)18-10-8-12(9-11-18)17-21-15(4,5)16(6,7)22-17/h12H,8-11H2,1-7H3. The molecule has 0 N–H and O–H groups in total. The largest absolute Gasteiger partial charge is 0.461 e. The van der Waals surface area contributed by atoms with Gasteiger partial charge in [-0.2, -0.15) is 0 Å². The first-order valence-electron chi connectivity index (χ1n) is 8.25. The summed E-state index contributed by atoms with van der Waals surface area (Å²) in [5.74, 6) is 0.333. The van der Waals surface area contributed by atoms with Gasteiger partial charge in [-0.3, -0.25) is 0 Å². The molecule has 2 aliphatic rings. The lowest BCUT2D eigenvalue weighted by atomic mass is 9.67. The molecule has 6 heteroatoms. The van der Waals surface area contributed by atoms with Gasteiger partial charge in [0, 0.05) is 13.1 Å². The number of piperidine rings is 1. The predicted octanol–water partition coefficient (Wildman–Crippen LogP) is 3.48. The molecule has 2 fully saturated rings. The maximum atomic E-state index is 12.1. The average molecular weight is 311 g/mol. The minimum atomic E-state index is -0.445. The van der Waals surface area contributed by atoms with E-state index < -0.39 is 5.60 Å². The van der Waals surface area contributed by atoms with Crippen LogP contribution in [0.15, 0.2) is 0 Å². The van der Waals surface area contributed by atoms with Crippen LogP contribution in [0.5, 0.6) is 0 Å². The summed E-state index contributed by atoms with van der Waals surface area (Å²) in [6, 6.07) is 0. The molecule has 126 valence electrons. The highest BCUT2D eigenvalue weighted by molar-refractivity contribution is 6.47. The Bertz CT molecular complexity index is 406. The van der Waals surface area contributed by atoms with E-state index in [1.54, 1.807) is 4.90 Å². The summed E-state index contributed by atoms with van der Waals surface area (Å²) in [5, 5.41) is 0. The fraction of sp³-hybridized carbons (Fsp3) is 0.938. The Morgan fingerprint density at radius 1 is 1.09 bits per heavy atom. The monoisotopic (exact) mass is 311 g/mol. The first kappa shape index (κ1) is 17.6. The molecule has 0 saturated carbocycles. The molecule has 0 aromatic heterocycles. The summed E-state index contributed by atoms with van der Waals surface area (Å²) in [6.07, 6.45) is 1.55. The molecule has 0 aromatic rings. The SMILES string of the molecule is CC(C)(C)OC(=O)N1CCC(B2OC(C)(C)C(C)(C)O2)CC1. The van der Waals surface area contributed by atoms with Gasteiger partial charge in [-0.25, -0.2) is 4.79 Å². The lowest BCUT2D eigenvalue weighted by Crippen LogP contribution is -2.43. The van der Waals surface area contributed by atoms with Gasteiger partial charge in [0.25, 0.3) is 0 Å². The molecular weight excluding hydrogens is 281 g/mol. The van der Waals surface area contributed by atoms with Gasteiger partial charge < -0.3 is 18.9 Å². The van der Waals surface area contributed by atoms with Gasteiger partial charge in [0.15, 0.2) is 0 Å². The summed E-state index contributed by atoms with van der Waals surface area (Å²) >= 11 is 0. The zero-order valence-corrected chi connectivity index (χ0v) is 15.1. The molecule has 2 rings (SSSR count). The van der Waals surface area contributed by atoms with Crippen LogP contribution in [0, 0.1) is 0 Å². The smallest absolute Gasteiger partial charge is 0.444 e. The molecule has 0 unspecified atom stereocenters.